The maximum absolute atomic E-state index is 13.6. The Balaban J connectivity index is 1.92. The Morgan fingerprint density at radius 3 is 2.46 bits per heavy atom. The second kappa shape index (κ2) is 7.23. The molecular weight excluding hydrogens is 324 g/mol. The van der Waals surface area contributed by atoms with Gasteiger partial charge in [0.15, 0.2) is 0 Å². The van der Waals surface area contributed by atoms with E-state index < -0.39 is 0 Å². The van der Waals surface area contributed by atoms with Gasteiger partial charge in [-0.1, -0.05) is 29.8 Å². The van der Waals surface area contributed by atoms with E-state index in [1.165, 1.54) is 11.1 Å². The quantitative estimate of drug-likeness (QED) is 0.800. The Labute approximate surface area is 156 Å². The number of benzene rings is 1. The number of hydrogen-bond donors (Lipinski definition) is 0. The highest BCUT2D eigenvalue weighted by Gasteiger charge is 2.38. The lowest BCUT2D eigenvalue weighted by Gasteiger charge is -2.31. The minimum atomic E-state index is -0.257. The topological polar surface area (TPSA) is 41.4 Å². The zero-order valence-electron chi connectivity index (χ0n) is 16.8. The number of likely N-dealkylation sites (N-methyl/N-ethyl adjacent to an activating group) is 1. The first-order valence-corrected chi connectivity index (χ1v) is 9.32. The van der Waals surface area contributed by atoms with E-state index in [0.717, 1.165) is 29.8 Å². The molecule has 0 spiro atoms. The van der Waals surface area contributed by atoms with Gasteiger partial charge in [0.2, 0.25) is 5.91 Å². The summed E-state index contributed by atoms with van der Waals surface area (Å²) in [6, 6.07) is 8.38. The smallest absolute Gasteiger partial charge is 0.245 e. The van der Waals surface area contributed by atoms with Crippen molar-refractivity contribution in [3.05, 3.63) is 52.3 Å². The third-order valence-electron chi connectivity index (χ3n) is 5.37. The molecular formula is C21H30N4O. The number of aromatic nitrogens is 2. The molecule has 1 fully saturated rings. The number of hydrogen-bond acceptors (Lipinski definition) is 3. The average molecular weight is 354 g/mol. The van der Waals surface area contributed by atoms with E-state index in [9.17, 15) is 4.79 Å². The highest BCUT2D eigenvalue weighted by atomic mass is 16.2. The molecule has 0 aliphatic heterocycles. The number of carbonyl (C=O) groups excluding carboxylic acids is 1. The molecule has 26 heavy (non-hydrogen) atoms. The summed E-state index contributed by atoms with van der Waals surface area (Å²) < 4.78 is 1.91. The van der Waals surface area contributed by atoms with Crippen LogP contribution in [0.15, 0.2) is 24.3 Å². The molecule has 1 aromatic heterocycles. The summed E-state index contributed by atoms with van der Waals surface area (Å²) in [5.74, 6) is 0.186. The van der Waals surface area contributed by atoms with Gasteiger partial charge in [0.1, 0.15) is 6.04 Å². The van der Waals surface area contributed by atoms with E-state index in [-0.39, 0.29) is 11.9 Å². The van der Waals surface area contributed by atoms with Crippen molar-refractivity contribution in [3.63, 3.8) is 0 Å². The fourth-order valence-electron chi connectivity index (χ4n) is 3.65. The van der Waals surface area contributed by atoms with Crippen LogP contribution in [0.25, 0.3) is 0 Å². The molecule has 1 aromatic carbocycles. The second-order valence-corrected chi connectivity index (χ2v) is 7.75. The van der Waals surface area contributed by atoms with Crippen molar-refractivity contribution < 1.29 is 4.79 Å². The number of aryl methyl sites for hydroxylation is 3. The van der Waals surface area contributed by atoms with Crippen molar-refractivity contribution in [2.75, 3.05) is 14.1 Å². The van der Waals surface area contributed by atoms with Gasteiger partial charge in [0.05, 0.1) is 5.69 Å². The molecule has 1 heterocycles. The lowest BCUT2D eigenvalue weighted by atomic mass is 10.0. The van der Waals surface area contributed by atoms with Crippen LogP contribution < -0.4 is 0 Å². The molecule has 5 nitrogen and oxygen atoms in total. The summed E-state index contributed by atoms with van der Waals surface area (Å²) in [5.41, 5.74) is 5.57. The number of nitrogens with zero attached hydrogens (tertiary/aromatic N) is 4. The molecule has 1 aliphatic rings. The Kier molecular flexibility index (Phi) is 5.19. The number of amides is 1. The van der Waals surface area contributed by atoms with Crippen LogP contribution in [0, 0.1) is 20.8 Å². The van der Waals surface area contributed by atoms with Gasteiger partial charge in [-0.15, -0.1) is 0 Å². The van der Waals surface area contributed by atoms with Gasteiger partial charge in [-0.25, -0.2) is 0 Å². The fraction of sp³-hybridized carbons (Fsp3) is 0.524. The normalized spacial score (nSPS) is 15.3. The minimum Gasteiger partial charge on any atom is -0.334 e. The SMILES string of the molecule is Cc1cccc(C(C(=O)N(Cc2c(C)nn(C)c2C)C2CC2)N(C)C)c1. The maximum atomic E-state index is 13.6. The Morgan fingerprint density at radius 2 is 1.96 bits per heavy atom. The predicted molar refractivity (Wildman–Crippen MR) is 104 cm³/mol. The van der Waals surface area contributed by atoms with Crippen molar-refractivity contribution in [1.29, 1.82) is 0 Å². The zero-order chi connectivity index (χ0) is 19.0. The summed E-state index contributed by atoms with van der Waals surface area (Å²) in [4.78, 5) is 17.7. The van der Waals surface area contributed by atoms with Gasteiger partial charge in [-0.3, -0.25) is 14.4 Å². The standard InChI is InChI=1S/C21H30N4O/c1-14-8-7-9-17(12-14)20(23(4)5)21(26)25(18-10-11-18)13-19-15(2)22-24(6)16(19)3/h7-9,12,18,20H,10-11,13H2,1-6H3. The molecule has 5 heteroatoms. The average Bonchev–Trinajstić information content (AvgIpc) is 3.36. The summed E-state index contributed by atoms with van der Waals surface area (Å²) in [6.45, 7) is 6.82. The Morgan fingerprint density at radius 1 is 1.27 bits per heavy atom. The molecule has 0 bridgehead atoms. The summed E-state index contributed by atoms with van der Waals surface area (Å²) in [5, 5.41) is 4.52. The third kappa shape index (κ3) is 3.68. The van der Waals surface area contributed by atoms with Crippen LogP contribution in [0.1, 0.15) is 47.0 Å². The lowest BCUT2D eigenvalue weighted by Crippen LogP contribution is -2.41. The molecule has 0 radical (unpaired) electrons. The zero-order valence-corrected chi connectivity index (χ0v) is 16.8. The summed E-state index contributed by atoms with van der Waals surface area (Å²) in [7, 11) is 5.93. The van der Waals surface area contributed by atoms with Gasteiger partial charge >= 0.3 is 0 Å². The monoisotopic (exact) mass is 354 g/mol. The van der Waals surface area contributed by atoms with Crippen LogP contribution in [0.3, 0.4) is 0 Å². The molecule has 2 aromatic rings. The molecule has 1 atom stereocenters. The Hall–Kier alpha value is -2.14. The first kappa shape index (κ1) is 18.6. The molecule has 0 saturated heterocycles. The molecule has 1 aliphatic carbocycles. The fourth-order valence-corrected chi connectivity index (χ4v) is 3.65. The maximum Gasteiger partial charge on any atom is 0.245 e. The molecule has 1 saturated carbocycles. The predicted octanol–water partition coefficient (Wildman–Crippen LogP) is 3.14. The molecule has 3 rings (SSSR count). The molecule has 140 valence electrons. The van der Waals surface area contributed by atoms with Gasteiger partial charge in [0.25, 0.3) is 0 Å². The van der Waals surface area contributed by atoms with Crippen LogP contribution in [0.4, 0.5) is 0 Å². The minimum absolute atomic E-state index is 0.186. The van der Waals surface area contributed by atoms with Crippen LogP contribution in [-0.2, 0) is 18.4 Å². The van der Waals surface area contributed by atoms with Crippen molar-refractivity contribution in [2.24, 2.45) is 7.05 Å². The van der Waals surface area contributed by atoms with E-state index >= 15 is 0 Å². The van der Waals surface area contributed by atoms with Crippen molar-refractivity contribution >= 4 is 5.91 Å². The van der Waals surface area contributed by atoms with E-state index in [1.807, 2.05) is 43.7 Å². The molecule has 1 unspecified atom stereocenters. The van der Waals surface area contributed by atoms with Crippen LogP contribution in [0.2, 0.25) is 0 Å². The van der Waals surface area contributed by atoms with Gasteiger partial charge in [-0.05, 0) is 53.3 Å². The third-order valence-corrected chi connectivity index (χ3v) is 5.37. The number of rotatable bonds is 6. The molecule has 1 amide bonds. The molecule has 0 N–H and O–H groups in total. The summed E-state index contributed by atoms with van der Waals surface area (Å²) >= 11 is 0. The highest BCUT2D eigenvalue weighted by Crippen LogP contribution is 2.33. The summed E-state index contributed by atoms with van der Waals surface area (Å²) in [6.07, 6.45) is 2.19. The van der Waals surface area contributed by atoms with Gasteiger partial charge in [-0.2, -0.15) is 5.10 Å². The van der Waals surface area contributed by atoms with Gasteiger partial charge < -0.3 is 4.90 Å². The van der Waals surface area contributed by atoms with E-state index in [4.69, 9.17) is 0 Å². The number of carbonyl (C=O) groups is 1. The largest absolute Gasteiger partial charge is 0.334 e. The highest BCUT2D eigenvalue weighted by molar-refractivity contribution is 5.84. The van der Waals surface area contributed by atoms with Crippen molar-refractivity contribution in [1.82, 2.24) is 19.6 Å². The van der Waals surface area contributed by atoms with Crippen LogP contribution >= 0.6 is 0 Å². The van der Waals surface area contributed by atoms with E-state index in [0.29, 0.717) is 12.6 Å². The van der Waals surface area contributed by atoms with E-state index in [1.54, 1.807) is 0 Å². The second-order valence-electron chi connectivity index (χ2n) is 7.75. The van der Waals surface area contributed by atoms with Crippen LogP contribution in [0.5, 0.6) is 0 Å². The van der Waals surface area contributed by atoms with Crippen molar-refractivity contribution in [3.8, 4) is 0 Å². The van der Waals surface area contributed by atoms with E-state index in [2.05, 4.69) is 42.0 Å². The van der Waals surface area contributed by atoms with Crippen LogP contribution in [-0.4, -0.2) is 45.6 Å². The van der Waals surface area contributed by atoms with Crippen molar-refractivity contribution in [2.45, 2.75) is 52.2 Å². The Bertz CT molecular complexity index is 804. The van der Waals surface area contributed by atoms with Gasteiger partial charge in [0, 0.05) is 30.9 Å². The first-order valence-electron chi connectivity index (χ1n) is 9.32. The first-order chi connectivity index (χ1) is 12.3. The lowest BCUT2D eigenvalue weighted by molar-refractivity contribution is -0.137.